The van der Waals surface area contributed by atoms with Gasteiger partial charge in [-0.3, -0.25) is 0 Å². The lowest BCUT2D eigenvalue weighted by molar-refractivity contribution is 0.0696. The number of hydrogen-bond acceptors (Lipinski definition) is 3. The van der Waals surface area contributed by atoms with Crippen molar-refractivity contribution in [3.8, 4) is 0 Å². The van der Waals surface area contributed by atoms with E-state index in [9.17, 15) is 13.2 Å². The van der Waals surface area contributed by atoms with E-state index in [1.54, 1.807) is 0 Å². The van der Waals surface area contributed by atoms with E-state index in [4.69, 9.17) is 5.11 Å². The van der Waals surface area contributed by atoms with E-state index in [2.05, 4.69) is 0 Å². The average Bonchev–Trinajstić information content (AvgIpc) is 2.42. The lowest BCUT2D eigenvalue weighted by Crippen LogP contribution is -2.02. The van der Waals surface area contributed by atoms with Crippen LogP contribution in [0.2, 0.25) is 0 Å². The first kappa shape index (κ1) is 8.96. The molecule has 72 valence electrons. The molecule has 0 radical (unpaired) electrons. The summed E-state index contributed by atoms with van der Waals surface area (Å²) in [5, 5.41) is 9.81. The van der Waals surface area contributed by atoms with Crippen LogP contribution in [0.15, 0.2) is 28.5 Å². The molecule has 0 saturated heterocycles. The quantitative estimate of drug-likeness (QED) is 0.754. The molecule has 1 aromatic carbocycles. The van der Waals surface area contributed by atoms with E-state index in [0.29, 0.717) is 0 Å². The normalized spacial score (nSPS) is 16.6. The Labute approximate surface area is 80.4 Å². The van der Waals surface area contributed by atoms with Crippen LogP contribution in [0.4, 0.5) is 0 Å². The summed E-state index contributed by atoms with van der Waals surface area (Å²) in [4.78, 5) is 10.8. The third-order valence-corrected chi connectivity index (χ3v) is 3.48. The molecule has 4 nitrogen and oxygen atoms in total. The van der Waals surface area contributed by atoms with Crippen molar-refractivity contribution in [3.05, 3.63) is 34.7 Å². The highest BCUT2D eigenvalue weighted by Gasteiger charge is 2.24. The number of carboxylic acid groups (broad SMARTS) is 1. The first-order chi connectivity index (χ1) is 6.52. The van der Waals surface area contributed by atoms with Crippen LogP contribution in [0.1, 0.15) is 15.9 Å². The molecule has 0 atom stereocenters. The highest BCUT2D eigenvalue weighted by atomic mass is 32.2. The summed E-state index contributed by atoms with van der Waals surface area (Å²) in [5.41, 5.74) is 0.278. The molecule has 0 saturated carbocycles. The van der Waals surface area contributed by atoms with Crippen LogP contribution in [0.25, 0.3) is 6.08 Å². The number of rotatable bonds is 1. The molecule has 0 amide bonds. The molecule has 0 fully saturated rings. The van der Waals surface area contributed by atoms with Gasteiger partial charge in [-0.1, -0.05) is 6.07 Å². The summed E-state index contributed by atoms with van der Waals surface area (Å²) in [6.45, 7) is 0. The minimum atomic E-state index is -3.41. The van der Waals surface area contributed by atoms with Gasteiger partial charge in [-0.2, -0.15) is 0 Å². The first-order valence-electron chi connectivity index (χ1n) is 3.82. The van der Waals surface area contributed by atoms with Gasteiger partial charge in [-0.05, 0) is 18.2 Å². The smallest absolute Gasteiger partial charge is 0.336 e. The average molecular weight is 210 g/mol. The molecule has 0 spiro atoms. The van der Waals surface area contributed by atoms with E-state index in [1.165, 1.54) is 24.3 Å². The van der Waals surface area contributed by atoms with Crippen molar-refractivity contribution in [1.29, 1.82) is 0 Å². The molecule has 0 bridgehead atoms. The van der Waals surface area contributed by atoms with Gasteiger partial charge in [0.2, 0.25) is 0 Å². The monoisotopic (exact) mass is 210 g/mol. The van der Waals surface area contributed by atoms with Crippen LogP contribution in [0.5, 0.6) is 0 Å². The molecule has 5 heteroatoms. The lowest BCUT2D eigenvalue weighted by atomic mass is 10.1. The van der Waals surface area contributed by atoms with E-state index in [1.807, 2.05) is 0 Å². The van der Waals surface area contributed by atoms with E-state index in [0.717, 1.165) is 5.41 Å². The van der Waals surface area contributed by atoms with Gasteiger partial charge in [0, 0.05) is 11.0 Å². The number of sulfone groups is 1. The van der Waals surface area contributed by atoms with Gasteiger partial charge in [-0.15, -0.1) is 0 Å². The second-order valence-corrected chi connectivity index (χ2v) is 4.67. The fourth-order valence-corrected chi connectivity index (χ4v) is 2.60. The van der Waals surface area contributed by atoms with Gasteiger partial charge in [0.1, 0.15) is 0 Å². The van der Waals surface area contributed by atoms with Gasteiger partial charge in [0.05, 0.1) is 10.5 Å². The molecule has 1 aliphatic heterocycles. The summed E-state index contributed by atoms with van der Waals surface area (Å²) >= 11 is 0. The molecule has 14 heavy (non-hydrogen) atoms. The zero-order valence-electron chi connectivity index (χ0n) is 6.97. The van der Waals surface area contributed by atoms with Crippen LogP contribution in [-0.2, 0) is 9.84 Å². The second kappa shape index (κ2) is 2.68. The van der Waals surface area contributed by atoms with Gasteiger partial charge in [0.15, 0.2) is 9.84 Å². The molecule has 1 aromatic rings. The Morgan fingerprint density at radius 3 is 2.64 bits per heavy atom. The van der Waals surface area contributed by atoms with Crippen LogP contribution in [0, 0.1) is 0 Å². The van der Waals surface area contributed by atoms with E-state index in [-0.39, 0.29) is 16.0 Å². The van der Waals surface area contributed by atoms with Crippen molar-refractivity contribution in [1.82, 2.24) is 0 Å². The second-order valence-electron chi connectivity index (χ2n) is 2.87. The third kappa shape index (κ3) is 1.13. The van der Waals surface area contributed by atoms with Crippen LogP contribution in [0.3, 0.4) is 0 Å². The van der Waals surface area contributed by atoms with Crippen LogP contribution >= 0.6 is 0 Å². The molecular formula is C9H6O4S. The number of benzene rings is 1. The molecule has 2 rings (SSSR count). The van der Waals surface area contributed by atoms with Crippen LogP contribution < -0.4 is 0 Å². The van der Waals surface area contributed by atoms with E-state index >= 15 is 0 Å². The molecule has 0 aromatic heterocycles. The number of hydrogen-bond donors (Lipinski definition) is 1. The van der Waals surface area contributed by atoms with Crippen molar-refractivity contribution >= 4 is 21.9 Å². The minimum absolute atomic E-state index is 0.0137. The molecule has 1 heterocycles. The molecule has 1 aliphatic rings. The topological polar surface area (TPSA) is 71.4 Å². The maximum atomic E-state index is 11.3. The molecule has 0 unspecified atom stereocenters. The third-order valence-electron chi connectivity index (χ3n) is 2.02. The summed E-state index contributed by atoms with van der Waals surface area (Å²) in [7, 11) is -3.41. The maximum absolute atomic E-state index is 11.3. The Bertz CT molecular complexity index is 540. The Balaban J connectivity index is 2.80. The Morgan fingerprint density at radius 2 is 2.00 bits per heavy atom. The lowest BCUT2D eigenvalue weighted by Gasteiger charge is -2.01. The summed E-state index contributed by atoms with van der Waals surface area (Å²) in [6, 6.07) is 4.20. The Hall–Kier alpha value is -1.62. The largest absolute Gasteiger partial charge is 0.478 e. The van der Waals surface area contributed by atoms with Crippen LogP contribution in [-0.4, -0.2) is 19.5 Å². The standard InChI is InChI=1S/C9H6O4S/c10-9(11)7-2-1-3-8-6(7)4-5-14(8,12)13/h1-5H,(H,10,11). The summed E-state index contributed by atoms with van der Waals surface area (Å²) < 4.78 is 22.7. The Kier molecular flexibility index (Phi) is 1.72. The zero-order chi connectivity index (χ0) is 10.3. The first-order valence-corrected chi connectivity index (χ1v) is 5.36. The van der Waals surface area contributed by atoms with Gasteiger partial charge in [-0.25, -0.2) is 13.2 Å². The molecule has 0 aliphatic carbocycles. The number of carbonyl (C=O) groups is 1. The van der Waals surface area contributed by atoms with Gasteiger partial charge < -0.3 is 5.11 Å². The Morgan fingerprint density at radius 1 is 1.29 bits per heavy atom. The number of aromatic carboxylic acids is 1. The van der Waals surface area contributed by atoms with Gasteiger partial charge >= 0.3 is 5.97 Å². The minimum Gasteiger partial charge on any atom is -0.478 e. The predicted octanol–water partition coefficient (Wildman–Crippen LogP) is 1.14. The highest BCUT2D eigenvalue weighted by molar-refractivity contribution is 7.94. The van der Waals surface area contributed by atoms with Crippen molar-refractivity contribution in [2.24, 2.45) is 0 Å². The molecule has 1 N–H and O–H groups in total. The number of carboxylic acids is 1. The maximum Gasteiger partial charge on any atom is 0.336 e. The molecular weight excluding hydrogens is 204 g/mol. The van der Waals surface area contributed by atoms with Crippen molar-refractivity contribution in [3.63, 3.8) is 0 Å². The summed E-state index contributed by atoms with van der Waals surface area (Å²) in [5.74, 6) is -1.12. The van der Waals surface area contributed by atoms with Crippen molar-refractivity contribution < 1.29 is 18.3 Å². The van der Waals surface area contributed by atoms with Crippen molar-refractivity contribution in [2.75, 3.05) is 0 Å². The number of fused-ring (bicyclic) bond motifs is 1. The fourth-order valence-electron chi connectivity index (χ4n) is 1.38. The SMILES string of the molecule is O=C(O)c1cccc2c1C=CS2(=O)=O. The summed E-state index contributed by atoms with van der Waals surface area (Å²) in [6.07, 6.45) is 1.31. The predicted molar refractivity (Wildman–Crippen MR) is 49.6 cm³/mol. The van der Waals surface area contributed by atoms with E-state index < -0.39 is 15.8 Å². The van der Waals surface area contributed by atoms with Gasteiger partial charge in [0.25, 0.3) is 0 Å². The van der Waals surface area contributed by atoms with Crippen molar-refractivity contribution in [2.45, 2.75) is 4.90 Å². The highest BCUT2D eigenvalue weighted by Crippen LogP contribution is 2.29. The zero-order valence-corrected chi connectivity index (χ0v) is 7.78. The fraction of sp³-hybridized carbons (Fsp3) is 0.